The van der Waals surface area contributed by atoms with Gasteiger partial charge in [0.15, 0.2) is 0 Å². The third-order valence-corrected chi connectivity index (χ3v) is 3.07. The average molecular weight is 277 g/mol. The van der Waals surface area contributed by atoms with Gasteiger partial charge in [0.05, 0.1) is 13.2 Å². The van der Waals surface area contributed by atoms with E-state index in [1.165, 1.54) is 12.1 Å². The Morgan fingerprint density at radius 3 is 2.25 bits per heavy atom. The molecule has 0 fully saturated rings. The van der Waals surface area contributed by atoms with Crippen molar-refractivity contribution in [2.24, 2.45) is 5.73 Å². The Morgan fingerprint density at radius 2 is 1.65 bits per heavy atom. The highest BCUT2D eigenvalue weighted by Gasteiger charge is 2.09. The average Bonchev–Trinajstić information content (AvgIpc) is 2.43. The van der Waals surface area contributed by atoms with E-state index in [9.17, 15) is 8.78 Å². The Bertz CT molecular complexity index is 525. The minimum absolute atomic E-state index is 0.0783. The number of benzene rings is 2. The maximum atomic E-state index is 13.0. The Hall–Kier alpha value is -1.78. The lowest BCUT2D eigenvalue weighted by atomic mass is 10.0. The van der Waals surface area contributed by atoms with Crippen LogP contribution in [0.3, 0.4) is 0 Å². The van der Waals surface area contributed by atoms with E-state index in [0.717, 1.165) is 11.6 Å². The van der Waals surface area contributed by atoms with E-state index < -0.39 is 11.6 Å². The van der Waals surface area contributed by atoms with E-state index in [-0.39, 0.29) is 12.5 Å². The van der Waals surface area contributed by atoms with Crippen molar-refractivity contribution >= 4 is 0 Å². The lowest BCUT2D eigenvalue weighted by Crippen LogP contribution is -2.18. The Balaban J connectivity index is 1.91. The summed E-state index contributed by atoms with van der Waals surface area (Å²) in [6, 6.07) is 13.2. The second-order valence-corrected chi connectivity index (χ2v) is 4.64. The summed E-state index contributed by atoms with van der Waals surface area (Å²) in [6.45, 7) is 1.04. The van der Waals surface area contributed by atoms with E-state index >= 15 is 0 Å². The standard InChI is InChI=1S/C16H17F2NO/c17-15-6-12(7-16(18)8-15)10-20-11-14(9-19)13-4-2-1-3-5-13/h1-8,14H,9-11,19H2. The molecule has 0 aliphatic heterocycles. The van der Waals surface area contributed by atoms with Gasteiger partial charge in [0.25, 0.3) is 0 Å². The fourth-order valence-corrected chi connectivity index (χ4v) is 2.04. The van der Waals surface area contributed by atoms with Gasteiger partial charge in [0, 0.05) is 18.5 Å². The van der Waals surface area contributed by atoms with Gasteiger partial charge in [0.1, 0.15) is 11.6 Å². The van der Waals surface area contributed by atoms with Crippen LogP contribution < -0.4 is 5.73 Å². The number of hydrogen-bond acceptors (Lipinski definition) is 2. The smallest absolute Gasteiger partial charge is 0.126 e. The summed E-state index contributed by atoms with van der Waals surface area (Å²) in [7, 11) is 0. The largest absolute Gasteiger partial charge is 0.376 e. The van der Waals surface area contributed by atoms with Gasteiger partial charge >= 0.3 is 0 Å². The predicted molar refractivity (Wildman–Crippen MR) is 74.3 cm³/mol. The molecular weight excluding hydrogens is 260 g/mol. The number of nitrogens with two attached hydrogens (primary N) is 1. The number of ether oxygens (including phenoxy) is 1. The van der Waals surface area contributed by atoms with Crippen LogP contribution in [0.25, 0.3) is 0 Å². The number of rotatable bonds is 6. The Kier molecular flexibility index (Phi) is 5.21. The molecule has 0 bridgehead atoms. The van der Waals surface area contributed by atoms with Crippen LogP contribution in [-0.2, 0) is 11.3 Å². The van der Waals surface area contributed by atoms with Gasteiger partial charge in [-0.2, -0.15) is 0 Å². The zero-order valence-electron chi connectivity index (χ0n) is 11.1. The molecular formula is C16H17F2NO. The van der Waals surface area contributed by atoms with Crippen LogP contribution in [0.1, 0.15) is 17.0 Å². The van der Waals surface area contributed by atoms with Gasteiger partial charge in [-0.15, -0.1) is 0 Å². The number of hydrogen-bond donors (Lipinski definition) is 1. The van der Waals surface area contributed by atoms with Crippen LogP contribution in [0.2, 0.25) is 0 Å². The summed E-state index contributed by atoms with van der Waals surface area (Å²) in [5, 5.41) is 0. The second-order valence-electron chi connectivity index (χ2n) is 4.64. The van der Waals surface area contributed by atoms with Crippen LogP contribution in [0, 0.1) is 11.6 Å². The molecule has 0 spiro atoms. The summed E-state index contributed by atoms with van der Waals surface area (Å²) >= 11 is 0. The van der Waals surface area contributed by atoms with Crippen LogP contribution in [0.15, 0.2) is 48.5 Å². The zero-order chi connectivity index (χ0) is 14.4. The molecule has 0 heterocycles. The van der Waals surface area contributed by atoms with Crippen molar-refractivity contribution < 1.29 is 13.5 Å². The molecule has 1 unspecified atom stereocenters. The van der Waals surface area contributed by atoms with Gasteiger partial charge < -0.3 is 10.5 Å². The molecule has 2 nitrogen and oxygen atoms in total. The van der Waals surface area contributed by atoms with Gasteiger partial charge in [-0.3, -0.25) is 0 Å². The Labute approximate surface area is 117 Å². The van der Waals surface area contributed by atoms with Crippen molar-refractivity contribution in [2.45, 2.75) is 12.5 Å². The molecule has 2 N–H and O–H groups in total. The molecule has 0 saturated heterocycles. The summed E-state index contributed by atoms with van der Waals surface area (Å²) in [5.74, 6) is -1.11. The molecule has 0 aliphatic rings. The summed E-state index contributed by atoms with van der Waals surface area (Å²) < 4.78 is 31.6. The molecule has 2 aromatic carbocycles. The zero-order valence-corrected chi connectivity index (χ0v) is 11.1. The molecule has 2 rings (SSSR count). The van der Waals surface area contributed by atoms with E-state index in [4.69, 9.17) is 10.5 Å². The highest BCUT2D eigenvalue weighted by molar-refractivity contribution is 5.20. The fourth-order valence-electron chi connectivity index (χ4n) is 2.04. The second kappa shape index (κ2) is 7.12. The maximum Gasteiger partial charge on any atom is 0.126 e. The molecule has 0 saturated carbocycles. The third kappa shape index (κ3) is 4.11. The van der Waals surface area contributed by atoms with Crippen LogP contribution in [-0.4, -0.2) is 13.2 Å². The summed E-state index contributed by atoms with van der Waals surface area (Å²) in [6.07, 6.45) is 0. The topological polar surface area (TPSA) is 35.2 Å². The van der Waals surface area contributed by atoms with Crippen LogP contribution >= 0.6 is 0 Å². The summed E-state index contributed by atoms with van der Waals surface area (Å²) in [5.41, 5.74) is 7.31. The van der Waals surface area contributed by atoms with Crippen LogP contribution in [0.4, 0.5) is 8.78 Å². The van der Waals surface area contributed by atoms with Crippen molar-refractivity contribution in [3.63, 3.8) is 0 Å². The van der Waals surface area contributed by atoms with E-state index in [2.05, 4.69) is 0 Å². The molecule has 0 aliphatic carbocycles. The van der Waals surface area contributed by atoms with Crippen molar-refractivity contribution in [1.29, 1.82) is 0 Å². The number of halogens is 2. The van der Waals surface area contributed by atoms with Crippen molar-refractivity contribution in [2.75, 3.05) is 13.2 Å². The molecule has 20 heavy (non-hydrogen) atoms. The van der Waals surface area contributed by atoms with Crippen LogP contribution in [0.5, 0.6) is 0 Å². The first-order valence-electron chi connectivity index (χ1n) is 6.47. The van der Waals surface area contributed by atoms with Gasteiger partial charge in [-0.25, -0.2) is 8.78 Å². The van der Waals surface area contributed by atoms with E-state index in [0.29, 0.717) is 18.7 Å². The van der Waals surface area contributed by atoms with Crippen molar-refractivity contribution in [1.82, 2.24) is 0 Å². The highest BCUT2D eigenvalue weighted by Crippen LogP contribution is 2.16. The lowest BCUT2D eigenvalue weighted by Gasteiger charge is -2.15. The quantitative estimate of drug-likeness (QED) is 0.880. The first-order valence-corrected chi connectivity index (χ1v) is 6.47. The molecule has 0 radical (unpaired) electrons. The Morgan fingerprint density at radius 1 is 1.00 bits per heavy atom. The first-order chi connectivity index (χ1) is 9.69. The predicted octanol–water partition coefficient (Wildman–Crippen LogP) is 3.22. The van der Waals surface area contributed by atoms with Gasteiger partial charge in [0.2, 0.25) is 0 Å². The molecule has 1 atom stereocenters. The minimum atomic E-state index is -0.595. The maximum absolute atomic E-state index is 13.0. The van der Waals surface area contributed by atoms with Crippen molar-refractivity contribution in [3.8, 4) is 0 Å². The fraction of sp³-hybridized carbons (Fsp3) is 0.250. The first kappa shape index (κ1) is 14.6. The normalized spacial score (nSPS) is 12.3. The lowest BCUT2D eigenvalue weighted by molar-refractivity contribution is 0.108. The SMILES string of the molecule is NCC(COCc1cc(F)cc(F)c1)c1ccccc1. The monoisotopic (exact) mass is 277 g/mol. The van der Waals surface area contributed by atoms with E-state index in [1.54, 1.807) is 0 Å². The van der Waals surface area contributed by atoms with Gasteiger partial charge in [-0.05, 0) is 23.3 Å². The molecule has 4 heteroatoms. The minimum Gasteiger partial charge on any atom is -0.376 e. The molecule has 0 amide bonds. The molecule has 106 valence electrons. The highest BCUT2D eigenvalue weighted by atomic mass is 19.1. The van der Waals surface area contributed by atoms with Crippen molar-refractivity contribution in [3.05, 3.63) is 71.3 Å². The van der Waals surface area contributed by atoms with E-state index in [1.807, 2.05) is 30.3 Å². The summed E-state index contributed by atoms with van der Waals surface area (Å²) in [4.78, 5) is 0. The van der Waals surface area contributed by atoms with Gasteiger partial charge in [-0.1, -0.05) is 30.3 Å². The molecule has 0 aromatic heterocycles. The third-order valence-electron chi connectivity index (χ3n) is 3.07. The molecule has 2 aromatic rings.